The molecule has 0 N–H and O–H groups in total. The lowest BCUT2D eigenvalue weighted by atomic mass is 10.1. The third-order valence-electron chi connectivity index (χ3n) is 5.17. The number of carbonyl (C=O) groups is 1. The Balaban J connectivity index is 1.84. The van der Waals surface area contributed by atoms with Gasteiger partial charge in [0.2, 0.25) is 0 Å². The van der Waals surface area contributed by atoms with E-state index in [-0.39, 0.29) is 22.1 Å². The highest BCUT2D eigenvalue weighted by atomic mass is 32.2. The van der Waals surface area contributed by atoms with Gasteiger partial charge in [0.05, 0.1) is 23.9 Å². The quantitative estimate of drug-likeness (QED) is 0.214. The molecule has 0 amide bonds. The summed E-state index contributed by atoms with van der Waals surface area (Å²) in [5, 5.41) is 14.0. The zero-order chi connectivity index (χ0) is 24.8. The van der Waals surface area contributed by atoms with Crippen LogP contribution in [-0.2, 0) is 12.3 Å². The first kappa shape index (κ1) is 25.1. The fourth-order valence-corrected chi connectivity index (χ4v) is 4.40. The highest BCUT2D eigenvalue weighted by Gasteiger charge is 2.17. The van der Waals surface area contributed by atoms with Crippen LogP contribution in [0, 0.1) is 25.2 Å². The Morgan fingerprint density at radius 3 is 2.71 bits per heavy atom. The van der Waals surface area contributed by atoms with Gasteiger partial charge in [-0.25, -0.2) is 13.8 Å². The zero-order valence-electron chi connectivity index (χ0n) is 19.3. The number of benzene rings is 1. The first-order chi connectivity index (χ1) is 16.3. The van der Waals surface area contributed by atoms with Gasteiger partial charge < -0.3 is 4.74 Å². The molecule has 0 aliphatic rings. The maximum Gasteiger partial charge on any atom is 0.280 e. The van der Waals surface area contributed by atoms with Crippen molar-refractivity contribution >= 4 is 23.6 Å². The normalized spacial score (nSPS) is 11.2. The lowest BCUT2D eigenvalue weighted by molar-refractivity contribution is 0.104. The summed E-state index contributed by atoms with van der Waals surface area (Å²) in [6.45, 7) is 6.04. The number of ketones is 1. The fraction of sp³-hybridized carbons (Fsp3) is 0.280. The summed E-state index contributed by atoms with van der Waals surface area (Å²) in [6, 6.07) is 8.74. The molecule has 0 aliphatic carbocycles. The summed E-state index contributed by atoms with van der Waals surface area (Å²) >= 11 is 1.19. The number of allylic oxidation sites excluding steroid dienone is 1. The third-order valence-corrected chi connectivity index (χ3v) is 6.19. The van der Waals surface area contributed by atoms with Gasteiger partial charge in [-0.15, -0.1) is 11.8 Å². The van der Waals surface area contributed by atoms with Crippen molar-refractivity contribution in [3.63, 3.8) is 0 Å². The average Bonchev–Trinajstić information content (AvgIpc) is 3.21. The van der Waals surface area contributed by atoms with E-state index in [0.29, 0.717) is 34.9 Å². The maximum atomic E-state index is 13.2. The van der Waals surface area contributed by atoms with E-state index in [1.54, 1.807) is 36.9 Å². The van der Waals surface area contributed by atoms with Gasteiger partial charge in [-0.2, -0.15) is 10.4 Å². The van der Waals surface area contributed by atoms with Gasteiger partial charge in [0.15, 0.2) is 5.78 Å². The number of aromatic nitrogens is 3. The predicted octanol–water partition coefficient (Wildman–Crippen LogP) is 5.92. The number of nitriles is 1. The number of aryl methyl sites for hydroxylation is 3. The molecule has 2 aromatic heterocycles. The van der Waals surface area contributed by atoms with Crippen LogP contribution >= 0.6 is 11.8 Å². The number of methoxy groups -OCH3 is 1. The van der Waals surface area contributed by atoms with Gasteiger partial charge in [-0.05, 0) is 56.2 Å². The SMILES string of the molecule is CCn1cc(C(=O)/C=C/c2ccc(OC)c(CSc3nc(C(F)F)cc(C)c3C#N)c2)c(C)n1. The van der Waals surface area contributed by atoms with Crippen molar-refractivity contribution in [2.24, 2.45) is 0 Å². The Morgan fingerprint density at radius 1 is 1.32 bits per heavy atom. The second-order valence-electron chi connectivity index (χ2n) is 7.50. The molecule has 0 fully saturated rings. The van der Waals surface area contributed by atoms with Gasteiger partial charge in [-0.1, -0.05) is 12.1 Å². The molecule has 0 saturated heterocycles. The molecule has 3 aromatic rings. The largest absolute Gasteiger partial charge is 0.496 e. The number of alkyl halides is 2. The Kier molecular flexibility index (Phi) is 8.18. The molecule has 34 heavy (non-hydrogen) atoms. The predicted molar refractivity (Wildman–Crippen MR) is 127 cm³/mol. The highest BCUT2D eigenvalue weighted by Crippen LogP contribution is 2.32. The number of hydrogen-bond acceptors (Lipinski definition) is 6. The number of nitrogens with zero attached hydrogens (tertiary/aromatic N) is 4. The minimum atomic E-state index is -2.72. The van der Waals surface area contributed by atoms with E-state index >= 15 is 0 Å². The molecule has 0 aliphatic heterocycles. The molecular weight excluding hydrogens is 458 g/mol. The summed E-state index contributed by atoms with van der Waals surface area (Å²) in [6.07, 6.45) is 2.21. The average molecular weight is 483 g/mol. The van der Waals surface area contributed by atoms with Gasteiger partial charge in [0, 0.05) is 24.1 Å². The molecule has 0 unspecified atom stereocenters. The molecular formula is C25H24F2N4O2S. The van der Waals surface area contributed by atoms with Crippen molar-refractivity contribution in [2.45, 2.75) is 44.5 Å². The molecule has 0 spiro atoms. The van der Waals surface area contributed by atoms with Crippen LogP contribution in [0.15, 0.2) is 41.6 Å². The van der Waals surface area contributed by atoms with Crippen LogP contribution in [-0.4, -0.2) is 27.7 Å². The summed E-state index contributed by atoms with van der Waals surface area (Å²) in [7, 11) is 1.54. The molecule has 9 heteroatoms. The number of halogens is 2. The van der Waals surface area contributed by atoms with Crippen LogP contribution in [0.2, 0.25) is 0 Å². The number of thioether (sulfide) groups is 1. The Labute approximate surface area is 201 Å². The lowest BCUT2D eigenvalue weighted by Gasteiger charge is -2.12. The van der Waals surface area contributed by atoms with Crippen LogP contribution in [0.5, 0.6) is 5.75 Å². The minimum absolute atomic E-state index is 0.147. The molecule has 0 saturated carbocycles. The van der Waals surface area contributed by atoms with Gasteiger partial charge in [0.1, 0.15) is 22.5 Å². The first-order valence-corrected chi connectivity index (χ1v) is 11.5. The monoisotopic (exact) mass is 482 g/mol. The molecule has 0 atom stereocenters. The minimum Gasteiger partial charge on any atom is -0.496 e. The van der Waals surface area contributed by atoms with Crippen LogP contribution < -0.4 is 4.74 Å². The third kappa shape index (κ3) is 5.69. The van der Waals surface area contributed by atoms with Crippen LogP contribution in [0.3, 0.4) is 0 Å². The molecule has 0 bridgehead atoms. The van der Waals surface area contributed by atoms with E-state index < -0.39 is 6.43 Å². The number of ether oxygens (including phenoxy) is 1. The highest BCUT2D eigenvalue weighted by molar-refractivity contribution is 7.98. The summed E-state index contributed by atoms with van der Waals surface area (Å²) in [5.74, 6) is 0.803. The van der Waals surface area contributed by atoms with Crippen LogP contribution in [0.4, 0.5) is 8.78 Å². The molecule has 1 aromatic carbocycles. The van der Waals surface area contributed by atoms with Crippen LogP contribution in [0.1, 0.15) is 57.3 Å². The summed E-state index contributed by atoms with van der Waals surface area (Å²) < 4.78 is 33.6. The second kappa shape index (κ2) is 11.1. The van der Waals surface area contributed by atoms with E-state index in [0.717, 1.165) is 11.1 Å². The lowest BCUT2D eigenvalue weighted by Crippen LogP contribution is -1.99. The molecule has 176 valence electrons. The van der Waals surface area contributed by atoms with Crippen molar-refractivity contribution in [3.05, 3.63) is 75.7 Å². The van der Waals surface area contributed by atoms with Crippen molar-refractivity contribution in [2.75, 3.05) is 7.11 Å². The van der Waals surface area contributed by atoms with E-state index in [2.05, 4.69) is 16.2 Å². The summed E-state index contributed by atoms with van der Waals surface area (Å²) in [4.78, 5) is 16.6. The van der Waals surface area contributed by atoms with Gasteiger partial charge in [0.25, 0.3) is 6.43 Å². The standard InChI is InChI=1S/C25H24F2N4O2S/c1-5-31-13-20(16(3)30-31)22(32)8-6-17-7-9-23(33-4)18(11-17)14-34-25-19(12-28)15(2)10-21(29-25)24(26)27/h6-11,13,24H,5,14H2,1-4H3/b8-6+. The molecule has 3 rings (SSSR count). The fourth-order valence-electron chi connectivity index (χ4n) is 3.36. The second-order valence-corrected chi connectivity index (χ2v) is 8.46. The van der Waals surface area contributed by atoms with E-state index in [4.69, 9.17) is 4.74 Å². The van der Waals surface area contributed by atoms with E-state index in [9.17, 15) is 18.8 Å². The van der Waals surface area contributed by atoms with Crippen molar-refractivity contribution in [3.8, 4) is 11.8 Å². The molecule has 6 nitrogen and oxygen atoms in total. The van der Waals surface area contributed by atoms with E-state index in [1.807, 2.05) is 19.1 Å². The molecule has 2 heterocycles. The van der Waals surface area contributed by atoms with Crippen molar-refractivity contribution in [1.29, 1.82) is 5.26 Å². The van der Waals surface area contributed by atoms with Gasteiger partial charge in [-0.3, -0.25) is 9.48 Å². The number of hydrogen-bond donors (Lipinski definition) is 0. The Hall–Kier alpha value is -3.51. The number of carbonyl (C=O) groups excluding carboxylic acids is 1. The van der Waals surface area contributed by atoms with Crippen molar-refractivity contribution in [1.82, 2.24) is 14.8 Å². The topological polar surface area (TPSA) is 80.8 Å². The maximum absolute atomic E-state index is 13.2. The van der Waals surface area contributed by atoms with E-state index in [1.165, 1.54) is 31.0 Å². The Morgan fingerprint density at radius 2 is 2.09 bits per heavy atom. The smallest absolute Gasteiger partial charge is 0.280 e. The number of rotatable bonds is 9. The Bertz CT molecular complexity index is 1280. The number of pyridine rings is 1. The molecule has 0 radical (unpaired) electrons. The first-order valence-electron chi connectivity index (χ1n) is 10.5. The van der Waals surface area contributed by atoms with Gasteiger partial charge >= 0.3 is 0 Å². The van der Waals surface area contributed by atoms with Crippen molar-refractivity contribution < 1.29 is 18.3 Å². The summed E-state index contributed by atoms with van der Waals surface area (Å²) in [5.41, 5.74) is 3.15. The zero-order valence-corrected chi connectivity index (χ0v) is 20.1. The van der Waals surface area contributed by atoms with Crippen LogP contribution in [0.25, 0.3) is 6.08 Å².